The fourth-order valence-electron chi connectivity index (χ4n) is 0. The van der Waals surface area contributed by atoms with Crippen molar-refractivity contribution in [3.63, 3.8) is 0 Å². The number of alkyl halides is 2. The number of hydrogen-bond acceptors (Lipinski definition) is 0. The Labute approximate surface area is 54.1 Å². The number of hydrogen-bond donors (Lipinski definition) is 0. The minimum absolute atomic E-state index is 0.750. The molecule has 0 heterocycles. The van der Waals surface area contributed by atoms with Gasteiger partial charge in [-0.1, -0.05) is 29.8 Å². The standard InChI is InChI=1S/C5H8Cl2/c1-4(2)5(3,6)7/h1H2,2-3H3. The van der Waals surface area contributed by atoms with E-state index in [1.54, 1.807) is 13.8 Å². The average molecular weight is 139 g/mol. The minimum Gasteiger partial charge on any atom is -0.0972 e. The summed E-state index contributed by atoms with van der Waals surface area (Å²) in [6, 6.07) is 0. The van der Waals surface area contributed by atoms with Gasteiger partial charge in [0.25, 0.3) is 0 Å². The highest BCUT2D eigenvalue weighted by Crippen LogP contribution is 2.26. The lowest BCUT2D eigenvalue weighted by molar-refractivity contribution is 1.02. The molecule has 0 amide bonds. The van der Waals surface area contributed by atoms with Gasteiger partial charge in [0.2, 0.25) is 0 Å². The first-order chi connectivity index (χ1) is 2.94. The Hall–Kier alpha value is 0.320. The second-order valence-electron chi connectivity index (χ2n) is 1.67. The zero-order valence-electron chi connectivity index (χ0n) is 4.46. The van der Waals surface area contributed by atoms with E-state index in [9.17, 15) is 0 Å². The van der Waals surface area contributed by atoms with Gasteiger partial charge in [-0.2, -0.15) is 0 Å². The van der Waals surface area contributed by atoms with Crippen LogP contribution in [0.5, 0.6) is 0 Å². The molecule has 0 bridgehead atoms. The van der Waals surface area contributed by atoms with Gasteiger partial charge in [0.1, 0.15) is 4.33 Å². The summed E-state index contributed by atoms with van der Waals surface area (Å²) in [6.07, 6.45) is 0. The number of rotatable bonds is 1. The third kappa shape index (κ3) is 2.95. The molecule has 0 aliphatic rings. The molecule has 0 radical (unpaired) electrons. The van der Waals surface area contributed by atoms with E-state index in [4.69, 9.17) is 23.2 Å². The van der Waals surface area contributed by atoms with Crippen LogP contribution in [0.2, 0.25) is 0 Å². The van der Waals surface area contributed by atoms with E-state index < -0.39 is 4.33 Å². The molecule has 0 aromatic heterocycles. The van der Waals surface area contributed by atoms with Crippen molar-refractivity contribution in [1.29, 1.82) is 0 Å². The fourth-order valence-corrected chi connectivity index (χ4v) is 0. The van der Waals surface area contributed by atoms with Crippen LogP contribution in [0.25, 0.3) is 0 Å². The van der Waals surface area contributed by atoms with E-state index >= 15 is 0 Å². The van der Waals surface area contributed by atoms with Gasteiger partial charge in [-0.3, -0.25) is 0 Å². The summed E-state index contributed by atoms with van der Waals surface area (Å²) in [5, 5.41) is 0. The van der Waals surface area contributed by atoms with Crippen molar-refractivity contribution in [3.05, 3.63) is 12.2 Å². The van der Waals surface area contributed by atoms with Gasteiger partial charge in [0.15, 0.2) is 0 Å². The van der Waals surface area contributed by atoms with E-state index in [1.807, 2.05) is 0 Å². The Balaban J connectivity index is 3.79. The molecule has 0 spiro atoms. The van der Waals surface area contributed by atoms with Crippen molar-refractivity contribution in [2.75, 3.05) is 0 Å². The van der Waals surface area contributed by atoms with Crippen molar-refractivity contribution in [1.82, 2.24) is 0 Å². The molecule has 0 saturated heterocycles. The molecule has 7 heavy (non-hydrogen) atoms. The lowest BCUT2D eigenvalue weighted by atomic mass is 10.3. The Bertz CT molecular complexity index is 78.6. The normalized spacial score (nSPS) is 11.4. The molecule has 0 nitrogen and oxygen atoms in total. The predicted octanol–water partition coefficient (Wildman–Crippen LogP) is 2.76. The van der Waals surface area contributed by atoms with Crippen LogP contribution in [0.4, 0.5) is 0 Å². The first-order valence-electron chi connectivity index (χ1n) is 1.98. The summed E-state index contributed by atoms with van der Waals surface area (Å²) >= 11 is 11.1. The Morgan fingerprint density at radius 1 is 1.57 bits per heavy atom. The van der Waals surface area contributed by atoms with Crippen LogP contribution in [-0.2, 0) is 0 Å². The lowest BCUT2D eigenvalue weighted by Crippen LogP contribution is -2.05. The summed E-state index contributed by atoms with van der Waals surface area (Å²) in [6.45, 7) is 7.05. The third-order valence-electron chi connectivity index (χ3n) is 0.749. The summed E-state index contributed by atoms with van der Waals surface area (Å²) in [5.41, 5.74) is 0.774. The lowest BCUT2D eigenvalue weighted by Gasteiger charge is -2.10. The SMILES string of the molecule is C=C(C)C(C)(Cl)Cl. The highest BCUT2D eigenvalue weighted by Gasteiger charge is 2.15. The monoisotopic (exact) mass is 138 g/mol. The maximum absolute atomic E-state index is 5.53. The summed E-state index contributed by atoms with van der Waals surface area (Å²) < 4.78 is -0.750. The topological polar surface area (TPSA) is 0 Å². The van der Waals surface area contributed by atoms with Crippen LogP contribution >= 0.6 is 23.2 Å². The highest BCUT2D eigenvalue weighted by molar-refractivity contribution is 6.50. The van der Waals surface area contributed by atoms with E-state index in [2.05, 4.69) is 6.58 Å². The van der Waals surface area contributed by atoms with Gasteiger partial charge in [-0.25, -0.2) is 0 Å². The zero-order valence-corrected chi connectivity index (χ0v) is 5.97. The van der Waals surface area contributed by atoms with Gasteiger partial charge < -0.3 is 0 Å². The molecule has 0 atom stereocenters. The molecule has 0 N–H and O–H groups in total. The molecule has 0 saturated carbocycles. The third-order valence-corrected chi connectivity index (χ3v) is 1.39. The molecule has 42 valence electrons. The van der Waals surface area contributed by atoms with E-state index in [-0.39, 0.29) is 0 Å². The van der Waals surface area contributed by atoms with Crippen molar-refractivity contribution < 1.29 is 0 Å². The molecular weight excluding hydrogens is 131 g/mol. The quantitative estimate of drug-likeness (QED) is 0.387. The zero-order chi connectivity index (χ0) is 6.08. The summed E-state index contributed by atoms with van der Waals surface area (Å²) in [7, 11) is 0. The van der Waals surface area contributed by atoms with Crippen LogP contribution in [0.3, 0.4) is 0 Å². The van der Waals surface area contributed by atoms with Crippen LogP contribution < -0.4 is 0 Å². The Morgan fingerprint density at radius 2 is 1.71 bits per heavy atom. The Morgan fingerprint density at radius 3 is 1.71 bits per heavy atom. The maximum Gasteiger partial charge on any atom is 0.135 e. The number of allylic oxidation sites excluding steroid dienone is 1. The molecule has 0 aromatic rings. The van der Waals surface area contributed by atoms with Crippen LogP contribution in [0, 0.1) is 0 Å². The van der Waals surface area contributed by atoms with E-state index in [0.717, 1.165) is 5.57 Å². The van der Waals surface area contributed by atoms with Crippen molar-refractivity contribution in [3.8, 4) is 0 Å². The van der Waals surface area contributed by atoms with Crippen LogP contribution in [0.1, 0.15) is 13.8 Å². The largest absolute Gasteiger partial charge is 0.135 e. The molecule has 0 aromatic carbocycles. The van der Waals surface area contributed by atoms with Crippen molar-refractivity contribution in [2.45, 2.75) is 18.2 Å². The van der Waals surface area contributed by atoms with Crippen molar-refractivity contribution in [2.24, 2.45) is 0 Å². The molecule has 0 aliphatic carbocycles. The van der Waals surface area contributed by atoms with E-state index in [0.29, 0.717) is 0 Å². The summed E-state index contributed by atoms with van der Waals surface area (Å²) in [5.74, 6) is 0. The van der Waals surface area contributed by atoms with Gasteiger partial charge in [-0.05, 0) is 19.4 Å². The molecule has 2 heteroatoms. The van der Waals surface area contributed by atoms with Gasteiger partial charge >= 0.3 is 0 Å². The second-order valence-corrected chi connectivity index (χ2v) is 3.37. The van der Waals surface area contributed by atoms with Crippen LogP contribution in [0.15, 0.2) is 12.2 Å². The van der Waals surface area contributed by atoms with Gasteiger partial charge in [-0.15, -0.1) is 0 Å². The first-order valence-corrected chi connectivity index (χ1v) is 2.74. The predicted molar refractivity (Wildman–Crippen MR) is 34.9 cm³/mol. The molecular formula is C5H8Cl2. The first kappa shape index (κ1) is 7.32. The fraction of sp³-hybridized carbons (Fsp3) is 0.600. The van der Waals surface area contributed by atoms with Gasteiger partial charge in [0.05, 0.1) is 0 Å². The van der Waals surface area contributed by atoms with Crippen LogP contribution in [-0.4, -0.2) is 4.33 Å². The van der Waals surface area contributed by atoms with Crippen molar-refractivity contribution >= 4 is 23.2 Å². The number of halogens is 2. The van der Waals surface area contributed by atoms with Gasteiger partial charge in [0, 0.05) is 0 Å². The highest BCUT2D eigenvalue weighted by atomic mass is 35.5. The Kier molecular flexibility index (Phi) is 2.15. The smallest absolute Gasteiger partial charge is 0.0972 e. The second kappa shape index (κ2) is 2.06. The average Bonchev–Trinajstić information content (AvgIpc) is 1.31. The maximum atomic E-state index is 5.53. The minimum atomic E-state index is -0.750. The molecule has 0 fully saturated rings. The summed E-state index contributed by atoms with van der Waals surface area (Å²) in [4.78, 5) is 0. The van der Waals surface area contributed by atoms with E-state index in [1.165, 1.54) is 0 Å². The molecule has 0 unspecified atom stereocenters. The molecule has 0 aliphatic heterocycles. The molecule has 0 rings (SSSR count).